The number of H-pyrrole nitrogens is 1. The summed E-state index contributed by atoms with van der Waals surface area (Å²) in [5.74, 6) is -2.68. The van der Waals surface area contributed by atoms with Gasteiger partial charge in [0.15, 0.2) is 23.9 Å². The molecule has 0 bridgehead atoms. The molecule has 0 aliphatic carbocycles. The van der Waals surface area contributed by atoms with Crippen molar-refractivity contribution < 1.29 is 54.1 Å². The number of fused-ring (bicyclic) bond motifs is 6. The van der Waals surface area contributed by atoms with Crippen LogP contribution in [0.4, 0.5) is 0 Å². The van der Waals surface area contributed by atoms with Crippen LogP contribution >= 0.6 is 0 Å². The Hall–Kier alpha value is -4.66. The van der Waals surface area contributed by atoms with E-state index in [9.17, 15) is 35.1 Å². The standard InChI is InChI=1S/C35H36N2O11/c1-2-18-21-14-24-29-20(19-5-3-4-6-23(19)36-29)11-12-37(24)33(44)22(21)16-45-34(18)48-35-31(43)32(30(42)27(15-38)46-35)47-28(41)10-8-17-7-9-25(39)26(40)13-17/h2-10,13,16,18,21,24,27,30-32,34-36,38-40,42-43H,1,11-12,14-15H2/b10-8+/t18-,21+,24-,27-,30-,31-,32+,34+,35+/m1/s1. The van der Waals surface area contributed by atoms with Gasteiger partial charge in [-0.05, 0) is 48.2 Å². The van der Waals surface area contributed by atoms with E-state index in [4.69, 9.17) is 18.9 Å². The minimum atomic E-state index is -1.70. The van der Waals surface area contributed by atoms with E-state index < -0.39 is 55.5 Å². The lowest BCUT2D eigenvalue weighted by Gasteiger charge is -2.48. The maximum absolute atomic E-state index is 13.8. The van der Waals surface area contributed by atoms with Gasteiger partial charge in [0.2, 0.25) is 6.29 Å². The Labute approximate surface area is 274 Å². The van der Waals surface area contributed by atoms with Gasteiger partial charge in [-0.1, -0.05) is 30.3 Å². The summed E-state index contributed by atoms with van der Waals surface area (Å²) in [6.07, 6.45) is -2.09. The molecule has 4 aliphatic rings. The summed E-state index contributed by atoms with van der Waals surface area (Å²) in [5, 5.41) is 52.2. The van der Waals surface area contributed by atoms with E-state index in [0.29, 0.717) is 24.1 Å². The zero-order valence-corrected chi connectivity index (χ0v) is 25.7. The van der Waals surface area contributed by atoms with Crippen molar-refractivity contribution in [2.24, 2.45) is 11.8 Å². The highest BCUT2D eigenvalue weighted by atomic mass is 16.8. The molecule has 2 fully saturated rings. The number of aliphatic hydroxyl groups is 3. The predicted molar refractivity (Wildman–Crippen MR) is 169 cm³/mol. The number of esters is 1. The first-order chi connectivity index (χ1) is 23.2. The Bertz CT molecular complexity index is 1800. The second kappa shape index (κ2) is 12.7. The van der Waals surface area contributed by atoms with Crippen molar-refractivity contribution in [2.45, 2.75) is 55.9 Å². The Morgan fingerprint density at radius 1 is 1.10 bits per heavy atom. The molecule has 4 aliphatic heterocycles. The fourth-order valence-corrected chi connectivity index (χ4v) is 7.24. The normalized spacial score (nSPS) is 31.4. The number of rotatable bonds is 7. The molecule has 7 rings (SSSR count). The molecular formula is C35H36N2O11. The summed E-state index contributed by atoms with van der Waals surface area (Å²) in [5.41, 5.74) is 4.09. The SMILES string of the molecule is C=C[C@H]1[C@H](O[C@@H]2O[C@H](CO)[C@@H](O)[C@H](OC(=O)/C=C/c3ccc(O)c(O)c3)[C@H]2O)OC=C2C(=O)N3CCc4c([nH]c5ccccc45)[C@H]3C[C@H]21. The van der Waals surface area contributed by atoms with Crippen molar-refractivity contribution >= 4 is 28.9 Å². The number of carbonyl (C=O) groups is 2. The number of hydrogen-bond acceptors (Lipinski definition) is 11. The van der Waals surface area contributed by atoms with Gasteiger partial charge in [0, 0.05) is 41.1 Å². The van der Waals surface area contributed by atoms with Gasteiger partial charge in [0.1, 0.15) is 18.3 Å². The molecule has 0 spiro atoms. The van der Waals surface area contributed by atoms with Gasteiger partial charge in [-0.25, -0.2) is 4.79 Å². The summed E-state index contributed by atoms with van der Waals surface area (Å²) in [6, 6.07) is 11.8. The third-order valence-electron chi connectivity index (χ3n) is 9.68. The number of ether oxygens (including phenoxy) is 4. The minimum absolute atomic E-state index is 0.133. The van der Waals surface area contributed by atoms with Crippen LogP contribution in [0.2, 0.25) is 0 Å². The summed E-state index contributed by atoms with van der Waals surface area (Å²) < 4.78 is 23.1. The Kier molecular flexibility index (Phi) is 8.48. The second-order valence-electron chi connectivity index (χ2n) is 12.4. The molecule has 9 atom stereocenters. The van der Waals surface area contributed by atoms with E-state index >= 15 is 0 Å². The van der Waals surface area contributed by atoms with Crippen LogP contribution < -0.4 is 0 Å². The van der Waals surface area contributed by atoms with E-state index in [-0.39, 0.29) is 29.4 Å². The van der Waals surface area contributed by atoms with Crippen LogP contribution in [-0.4, -0.2) is 97.4 Å². The highest BCUT2D eigenvalue weighted by Crippen LogP contribution is 2.48. The number of aromatic nitrogens is 1. The Balaban J connectivity index is 1.09. The molecule has 6 N–H and O–H groups in total. The zero-order valence-electron chi connectivity index (χ0n) is 25.7. The first-order valence-corrected chi connectivity index (χ1v) is 15.8. The Morgan fingerprint density at radius 2 is 1.92 bits per heavy atom. The zero-order chi connectivity index (χ0) is 33.7. The number of benzene rings is 2. The predicted octanol–water partition coefficient (Wildman–Crippen LogP) is 2.15. The lowest BCUT2D eigenvalue weighted by atomic mass is 9.74. The second-order valence-corrected chi connectivity index (χ2v) is 12.4. The van der Waals surface area contributed by atoms with Gasteiger partial charge in [-0.15, -0.1) is 6.58 Å². The third-order valence-corrected chi connectivity index (χ3v) is 9.68. The fraction of sp³-hybridized carbons (Fsp3) is 0.371. The van der Waals surface area contributed by atoms with E-state index in [1.807, 2.05) is 23.1 Å². The molecule has 3 aromatic rings. The summed E-state index contributed by atoms with van der Waals surface area (Å²) in [7, 11) is 0. The number of hydrogen-bond donors (Lipinski definition) is 6. The van der Waals surface area contributed by atoms with Gasteiger partial charge in [0.05, 0.1) is 24.5 Å². The summed E-state index contributed by atoms with van der Waals surface area (Å²) in [6.45, 7) is 3.89. The average Bonchev–Trinajstić information content (AvgIpc) is 3.47. The number of nitrogens with one attached hydrogen (secondary N) is 1. The monoisotopic (exact) mass is 660 g/mol. The molecule has 0 unspecified atom stereocenters. The quantitative estimate of drug-likeness (QED) is 0.0942. The maximum atomic E-state index is 13.8. The number of phenols is 2. The van der Waals surface area contributed by atoms with Crippen LogP contribution in [0.15, 0.2) is 73.0 Å². The van der Waals surface area contributed by atoms with Gasteiger partial charge in [-0.3, -0.25) is 4.79 Å². The van der Waals surface area contributed by atoms with Crippen LogP contribution in [0.5, 0.6) is 11.5 Å². The first kappa shape index (κ1) is 31.9. The van der Waals surface area contributed by atoms with Crippen molar-refractivity contribution in [2.75, 3.05) is 13.2 Å². The van der Waals surface area contributed by atoms with Crippen molar-refractivity contribution in [1.29, 1.82) is 0 Å². The van der Waals surface area contributed by atoms with Crippen molar-refractivity contribution in [3.05, 3.63) is 89.9 Å². The van der Waals surface area contributed by atoms with Crippen LogP contribution in [0.3, 0.4) is 0 Å². The van der Waals surface area contributed by atoms with Crippen LogP contribution in [-0.2, 0) is 35.0 Å². The number of para-hydroxylation sites is 1. The van der Waals surface area contributed by atoms with E-state index in [2.05, 4.69) is 17.6 Å². The number of nitrogens with zero attached hydrogens (tertiary/aromatic N) is 1. The highest BCUT2D eigenvalue weighted by Gasteiger charge is 2.52. The van der Waals surface area contributed by atoms with Gasteiger partial charge in [0.25, 0.3) is 5.91 Å². The van der Waals surface area contributed by atoms with E-state index in [1.165, 1.54) is 36.1 Å². The topological polar surface area (TPSA) is 191 Å². The Morgan fingerprint density at radius 3 is 2.69 bits per heavy atom. The minimum Gasteiger partial charge on any atom is -0.504 e. The smallest absolute Gasteiger partial charge is 0.331 e. The number of aromatic amines is 1. The third kappa shape index (κ3) is 5.53. The number of carbonyl (C=O) groups excluding carboxylic acids is 2. The largest absolute Gasteiger partial charge is 0.504 e. The maximum Gasteiger partial charge on any atom is 0.331 e. The summed E-state index contributed by atoms with van der Waals surface area (Å²) >= 11 is 0. The van der Waals surface area contributed by atoms with Crippen LogP contribution in [0, 0.1) is 11.8 Å². The lowest BCUT2D eigenvalue weighted by Crippen LogP contribution is -2.61. The molecule has 13 nitrogen and oxygen atoms in total. The van der Waals surface area contributed by atoms with Gasteiger partial charge in [-0.2, -0.15) is 0 Å². The average molecular weight is 661 g/mol. The van der Waals surface area contributed by atoms with Crippen molar-refractivity contribution in [1.82, 2.24) is 9.88 Å². The van der Waals surface area contributed by atoms with E-state index in [1.54, 1.807) is 6.08 Å². The number of piperidine rings is 1. The first-order valence-electron chi connectivity index (χ1n) is 15.8. The molecule has 48 heavy (non-hydrogen) atoms. The fourth-order valence-electron chi connectivity index (χ4n) is 7.24. The molecule has 1 aromatic heterocycles. The molecule has 2 aromatic carbocycles. The van der Waals surface area contributed by atoms with Gasteiger partial charge < -0.3 is 54.4 Å². The lowest BCUT2D eigenvalue weighted by molar-refractivity contribution is -0.340. The van der Waals surface area contributed by atoms with Crippen molar-refractivity contribution in [3.63, 3.8) is 0 Å². The van der Waals surface area contributed by atoms with Crippen LogP contribution in [0.25, 0.3) is 17.0 Å². The van der Waals surface area contributed by atoms with Gasteiger partial charge >= 0.3 is 5.97 Å². The number of aliphatic hydroxyl groups excluding tert-OH is 3. The van der Waals surface area contributed by atoms with Crippen molar-refractivity contribution in [3.8, 4) is 11.5 Å². The summed E-state index contributed by atoms with van der Waals surface area (Å²) in [4.78, 5) is 31.9. The molecule has 1 amide bonds. The highest BCUT2D eigenvalue weighted by molar-refractivity contribution is 5.96. The molecule has 5 heterocycles. The number of amides is 1. The molecule has 13 heteroatoms. The molecule has 2 saturated heterocycles. The van der Waals surface area contributed by atoms with Crippen LogP contribution in [0.1, 0.15) is 29.3 Å². The number of aromatic hydroxyl groups is 2. The molecular weight excluding hydrogens is 624 g/mol. The molecule has 0 radical (unpaired) electrons. The van der Waals surface area contributed by atoms with E-state index in [0.717, 1.165) is 29.1 Å². The molecule has 252 valence electrons. The number of phenolic OH excluding ortho intramolecular Hbond substituents is 2. The molecule has 0 saturated carbocycles.